The Morgan fingerprint density at radius 3 is 2.42 bits per heavy atom. The molecule has 2 fully saturated rings. The zero-order valence-corrected chi connectivity index (χ0v) is 21.3. The minimum atomic E-state index is -0.690. The predicted molar refractivity (Wildman–Crippen MR) is 133 cm³/mol. The molecule has 0 bridgehead atoms. The SMILES string of the molecule is COC(=O)[C@H](C)NC(=O)C1CCN(C(=O)/C=C/c2ccc(SC3CCCC3)c(Cl)c2Cl)CC1. The minimum Gasteiger partial charge on any atom is -0.467 e. The lowest BCUT2D eigenvalue weighted by molar-refractivity contribution is -0.145. The molecule has 3 rings (SSSR count). The van der Waals surface area contributed by atoms with Crippen molar-refractivity contribution in [1.82, 2.24) is 10.2 Å². The third-order valence-electron chi connectivity index (χ3n) is 6.17. The van der Waals surface area contributed by atoms with Crippen molar-refractivity contribution in [2.24, 2.45) is 5.92 Å². The topological polar surface area (TPSA) is 75.7 Å². The Morgan fingerprint density at radius 2 is 1.79 bits per heavy atom. The first-order chi connectivity index (χ1) is 15.8. The first kappa shape index (κ1) is 25.9. The van der Waals surface area contributed by atoms with Crippen LogP contribution >= 0.6 is 35.0 Å². The Bertz CT molecular complexity index is 910. The molecule has 0 unspecified atom stereocenters. The van der Waals surface area contributed by atoms with Gasteiger partial charge in [0.1, 0.15) is 6.04 Å². The number of nitrogens with zero attached hydrogens (tertiary/aromatic N) is 1. The van der Waals surface area contributed by atoms with E-state index in [4.69, 9.17) is 23.2 Å². The molecule has 9 heteroatoms. The summed E-state index contributed by atoms with van der Waals surface area (Å²) in [5, 5.41) is 4.26. The Hall–Kier alpha value is -1.70. The Kier molecular flexibility index (Phi) is 9.53. The van der Waals surface area contributed by atoms with E-state index in [-0.39, 0.29) is 17.7 Å². The standard InChI is InChI=1S/C24H30Cl2N2O4S/c1-15(24(31)32-2)27-23(30)17-11-13-28(14-12-17)20(29)10-8-16-7-9-19(22(26)21(16)25)33-18-5-3-4-6-18/h7-10,15,17-18H,3-6,11-14H2,1-2H3,(H,27,30)/b10-8+/t15-/m0/s1. The van der Waals surface area contributed by atoms with E-state index in [1.807, 2.05) is 12.1 Å². The second-order valence-corrected chi connectivity index (χ2v) is 10.6. The lowest BCUT2D eigenvalue weighted by Crippen LogP contribution is -2.46. The molecular formula is C24H30Cl2N2O4S. The van der Waals surface area contributed by atoms with Gasteiger partial charge in [0.2, 0.25) is 11.8 Å². The van der Waals surface area contributed by atoms with Gasteiger partial charge in [-0.05, 0) is 50.3 Å². The van der Waals surface area contributed by atoms with Crippen LogP contribution in [0, 0.1) is 5.92 Å². The summed E-state index contributed by atoms with van der Waals surface area (Å²) in [6.45, 7) is 2.53. The molecule has 180 valence electrons. The van der Waals surface area contributed by atoms with Crippen molar-refractivity contribution >= 4 is 58.8 Å². The maximum atomic E-state index is 12.6. The number of esters is 1. The van der Waals surface area contributed by atoms with Gasteiger partial charge < -0.3 is 15.0 Å². The number of methoxy groups -OCH3 is 1. The molecule has 1 aromatic rings. The summed E-state index contributed by atoms with van der Waals surface area (Å²) >= 11 is 14.8. The van der Waals surface area contributed by atoms with Crippen molar-refractivity contribution in [2.45, 2.75) is 61.6 Å². The molecule has 1 atom stereocenters. The number of ether oxygens (including phenoxy) is 1. The van der Waals surface area contributed by atoms with Crippen molar-refractivity contribution in [3.05, 3.63) is 33.8 Å². The number of benzene rings is 1. The first-order valence-corrected chi connectivity index (χ1v) is 12.9. The highest BCUT2D eigenvalue weighted by Gasteiger charge is 2.28. The fourth-order valence-corrected chi connectivity index (χ4v) is 6.02. The predicted octanol–water partition coefficient (Wildman–Crippen LogP) is 4.96. The summed E-state index contributed by atoms with van der Waals surface area (Å²) in [7, 11) is 1.29. The van der Waals surface area contributed by atoms with E-state index < -0.39 is 12.0 Å². The monoisotopic (exact) mass is 512 g/mol. The third kappa shape index (κ3) is 6.90. The number of nitrogens with one attached hydrogen (secondary N) is 1. The minimum absolute atomic E-state index is 0.131. The molecule has 0 aromatic heterocycles. The molecule has 2 aliphatic rings. The molecular weight excluding hydrogens is 483 g/mol. The maximum absolute atomic E-state index is 12.6. The van der Waals surface area contributed by atoms with Gasteiger partial charge in [-0.3, -0.25) is 9.59 Å². The van der Waals surface area contributed by atoms with Crippen molar-refractivity contribution < 1.29 is 19.1 Å². The molecule has 0 spiro atoms. The summed E-state index contributed by atoms with van der Waals surface area (Å²) in [4.78, 5) is 39.2. The van der Waals surface area contributed by atoms with Crippen LogP contribution in [0.2, 0.25) is 10.0 Å². The zero-order valence-electron chi connectivity index (χ0n) is 18.9. The van der Waals surface area contributed by atoms with Gasteiger partial charge in [0.25, 0.3) is 0 Å². The van der Waals surface area contributed by atoms with E-state index in [0.29, 0.717) is 46.8 Å². The Morgan fingerprint density at radius 1 is 1.12 bits per heavy atom. The van der Waals surface area contributed by atoms with E-state index in [1.54, 1.807) is 29.7 Å². The maximum Gasteiger partial charge on any atom is 0.328 e. The molecule has 1 saturated carbocycles. The van der Waals surface area contributed by atoms with E-state index >= 15 is 0 Å². The van der Waals surface area contributed by atoms with Crippen LogP contribution in [0.25, 0.3) is 6.08 Å². The fraction of sp³-hybridized carbons (Fsp3) is 0.542. The van der Waals surface area contributed by atoms with Crippen LogP contribution in [0.4, 0.5) is 0 Å². The van der Waals surface area contributed by atoms with Crippen LogP contribution in [-0.4, -0.2) is 54.2 Å². The lowest BCUT2D eigenvalue weighted by atomic mass is 9.95. The second kappa shape index (κ2) is 12.1. The number of carbonyl (C=O) groups excluding carboxylic acids is 3. The molecule has 1 aromatic carbocycles. The summed E-state index contributed by atoms with van der Waals surface area (Å²) in [5.74, 6) is -1.03. The van der Waals surface area contributed by atoms with Gasteiger partial charge in [0.05, 0.1) is 17.2 Å². The van der Waals surface area contributed by atoms with Crippen LogP contribution < -0.4 is 5.32 Å². The molecule has 1 N–H and O–H groups in total. The van der Waals surface area contributed by atoms with Crippen LogP contribution in [0.1, 0.15) is 51.0 Å². The van der Waals surface area contributed by atoms with E-state index in [0.717, 1.165) is 4.90 Å². The molecule has 6 nitrogen and oxygen atoms in total. The molecule has 0 radical (unpaired) electrons. The first-order valence-electron chi connectivity index (χ1n) is 11.3. The number of carbonyl (C=O) groups is 3. The quantitative estimate of drug-likeness (QED) is 0.412. The van der Waals surface area contributed by atoms with E-state index in [9.17, 15) is 14.4 Å². The lowest BCUT2D eigenvalue weighted by Gasteiger charge is -2.31. The summed E-state index contributed by atoms with van der Waals surface area (Å²) in [5.41, 5.74) is 0.705. The number of hydrogen-bond acceptors (Lipinski definition) is 5. The molecule has 1 aliphatic heterocycles. The Balaban J connectivity index is 1.52. The number of thioether (sulfide) groups is 1. The van der Waals surface area contributed by atoms with Gasteiger partial charge >= 0.3 is 5.97 Å². The van der Waals surface area contributed by atoms with Crippen LogP contribution in [0.3, 0.4) is 0 Å². The number of likely N-dealkylation sites (tertiary alicyclic amines) is 1. The van der Waals surface area contributed by atoms with E-state index in [1.165, 1.54) is 38.9 Å². The highest BCUT2D eigenvalue weighted by molar-refractivity contribution is 8.00. The summed E-state index contributed by atoms with van der Waals surface area (Å²) < 4.78 is 4.63. The normalized spacial score (nSPS) is 18.5. The van der Waals surface area contributed by atoms with Gasteiger partial charge in [-0.1, -0.05) is 42.1 Å². The summed E-state index contributed by atoms with van der Waals surface area (Å²) in [6.07, 6.45) is 9.21. The fourth-order valence-electron chi connectivity index (χ4n) is 4.15. The van der Waals surface area contributed by atoms with Crippen molar-refractivity contribution in [3.63, 3.8) is 0 Å². The van der Waals surface area contributed by atoms with Gasteiger partial charge in [-0.25, -0.2) is 4.79 Å². The van der Waals surface area contributed by atoms with Crippen LogP contribution in [0.15, 0.2) is 23.1 Å². The largest absolute Gasteiger partial charge is 0.467 e. The smallest absolute Gasteiger partial charge is 0.328 e. The number of halogens is 2. The molecule has 1 heterocycles. The highest BCUT2D eigenvalue weighted by atomic mass is 35.5. The average Bonchev–Trinajstić information content (AvgIpc) is 3.34. The van der Waals surface area contributed by atoms with Gasteiger partial charge in [0, 0.05) is 35.2 Å². The van der Waals surface area contributed by atoms with Gasteiger partial charge in [-0.2, -0.15) is 0 Å². The molecule has 33 heavy (non-hydrogen) atoms. The van der Waals surface area contributed by atoms with Crippen molar-refractivity contribution in [1.29, 1.82) is 0 Å². The third-order valence-corrected chi connectivity index (χ3v) is 8.58. The van der Waals surface area contributed by atoms with E-state index in [2.05, 4.69) is 10.1 Å². The van der Waals surface area contributed by atoms with Crippen molar-refractivity contribution in [3.8, 4) is 0 Å². The number of hydrogen-bond donors (Lipinski definition) is 1. The Labute approximate surface area is 209 Å². The number of amides is 2. The molecule has 1 saturated heterocycles. The number of piperidine rings is 1. The number of rotatable bonds is 7. The van der Waals surface area contributed by atoms with Crippen LogP contribution in [0.5, 0.6) is 0 Å². The average molecular weight is 513 g/mol. The van der Waals surface area contributed by atoms with Gasteiger partial charge in [-0.15, -0.1) is 11.8 Å². The molecule has 1 aliphatic carbocycles. The molecule has 2 amide bonds. The van der Waals surface area contributed by atoms with Gasteiger partial charge in [0.15, 0.2) is 0 Å². The van der Waals surface area contributed by atoms with Crippen molar-refractivity contribution in [2.75, 3.05) is 20.2 Å². The summed E-state index contributed by atoms with van der Waals surface area (Å²) in [6, 6.07) is 3.18. The zero-order chi connectivity index (χ0) is 24.0. The highest BCUT2D eigenvalue weighted by Crippen LogP contribution is 2.41. The van der Waals surface area contributed by atoms with Crippen LogP contribution in [-0.2, 0) is 19.1 Å². The second-order valence-electron chi connectivity index (χ2n) is 8.49.